The van der Waals surface area contributed by atoms with Crippen molar-refractivity contribution in [2.24, 2.45) is 0 Å². The topological polar surface area (TPSA) is 62.8 Å². The van der Waals surface area contributed by atoms with Crippen molar-refractivity contribution in [1.29, 1.82) is 0 Å². The predicted molar refractivity (Wildman–Crippen MR) is 80.0 cm³/mol. The van der Waals surface area contributed by atoms with E-state index in [1.54, 1.807) is 14.2 Å². The Morgan fingerprint density at radius 3 is 2.48 bits per heavy atom. The minimum absolute atomic E-state index is 0.0263. The highest BCUT2D eigenvalue weighted by Crippen LogP contribution is 2.36. The smallest absolute Gasteiger partial charge is 0.322 e. The Hall–Kier alpha value is -1.95. The van der Waals surface area contributed by atoms with Crippen LogP contribution >= 0.6 is 0 Å². The lowest BCUT2D eigenvalue weighted by Gasteiger charge is -2.38. The van der Waals surface area contributed by atoms with E-state index in [1.165, 1.54) is 0 Å². The first-order valence-electron chi connectivity index (χ1n) is 7.26. The van der Waals surface area contributed by atoms with Gasteiger partial charge in [-0.3, -0.25) is 0 Å². The van der Waals surface area contributed by atoms with Crippen LogP contribution in [0.3, 0.4) is 0 Å². The molecule has 0 bridgehead atoms. The number of nitrogens with one attached hydrogen (secondary N) is 2. The summed E-state index contributed by atoms with van der Waals surface area (Å²) in [6.07, 6.45) is 1.99. The van der Waals surface area contributed by atoms with Gasteiger partial charge in [-0.05, 0) is 37.6 Å². The average Bonchev–Trinajstić information content (AvgIpc) is 2.53. The molecule has 3 rings (SSSR count). The third kappa shape index (κ3) is 2.63. The molecule has 6 heteroatoms. The molecule has 2 aliphatic rings. The zero-order valence-electron chi connectivity index (χ0n) is 12.4. The minimum atomic E-state index is -0.0263. The maximum atomic E-state index is 12.3. The predicted octanol–water partition coefficient (Wildman–Crippen LogP) is 1.80. The molecule has 1 saturated heterocycles. The number of nitrogens with zero attached hydrogens (tertiary/aromatic N) is 1. The first kappa shape index (κ1) is 14.0. The number of urea groups is 1. The highest BCUT2D eigenvalue weighted by molar-refractivity contribution is 5.93. The van der Waals surface area contributed by atoms with Crippen molar-refractivity contribution in [2.75, 3.05) is 32.6 Å². The Kier molecular flexibility index (Phi) is 3.88. The van der Waals surface area contributed by atoms with Crippen LogP contribution in [0, 0.1) is 0 Å². The first-order valence-corrected chi connectivity index (χ1v) is 7.26. The molecular formula is C15H21N3O3. The lowest BCUT2D eigenvalue weighted by atomic mass is 10.0. The molecule has 2 amide bonds. The number of carbonyl (C=O) groups excluding carboxylic acids is 1. The summed E-state index contributed by atoms with van der Waals surface area (Å²) < 4.78 is 10.6. The number of rotatable bonds is 3. The Morgan fingerprint density at radius 2 is 1.81 bits per heavy atom. The van der Waals surface area contributed by atoms with Gasteiger partial charge in [0.05, 0.1) is 19.9 Å². The van der Waals surface area contributed by atoms with Crippen LogP contribution in [0.1, 0.15) is 18.4 Å². The number of hydrogen-bond acceptors (Lipinski definition) is 4. The molecular weight excluding hydrogens is 270 g/mol. The first-order chi connectivity index (χ1) is 10.2. The molecule has 2 N–H and O–H groups in total. The Balaban J connectivity index is 1.87. The largest absolute Gasteiger partial charge is 0.493 e. The average molecular weight is 291 g/mol. The summed E-state index contributed by atoms with van der Waals surface area (Å²) in [4.78, 5) is 14.3. The van der Waals surface area contributed by atoms with E-state index >= 15 is 0 Å². The third-order valence-electron chi connectivity index (χ3n) is 4.20. The maximum Gasteiger partial charge on any atom is 0.322 e. The zero-order chi connectivity index (χ0) is 14.8. The third-order valence-corrected chi connectivity index (χ3v) is 4.20. The van der Waals surface area contributed by atoms with Gasteiger partial charge in [-0.1, -0.05) is 0 Å². The number of amides is 2. The molecule has 1 aromatic rings. The van der Waals surface area contributed by atoms with Crippen LogP contribution in [0.15, 0.2) is 12.1 Å². The van der Waals surface area contributed by atoms with Crippen molar-refractivity contribution in [3.63, 3.8) is 0 Å². The number of fused-ring (bicyclic) bond motifs is 1. The number of benzene rings is 1. The highest BCUT2D eigenvalue weighted by atomic mass is 16.5. The van der Waals surface area contributed by atoms with Gasteiger partial charge in [0.25, 0.3) is 0 Å². The second-order valence-electron chi connectivity index (χ2n) is 5.40. The van der Waals surface area contributed by atoms with Crippen molar-refractivity contribution < 1.29 is 14.3 Å². The zero-order valence-corrected chi connectivity index (χ0v) is 12.4. The molecule has 2 heterocycles. The van der Waals surface area contributed by atoms with Crippen molar-refractivity contribution >= 4 is 11.7 Å². The van der Waals surface area contributed by atoms with Gasteiger partial charge in [0, 0.05) is 18.7 Å². The molecule has 0 aromatic heterocycles. The number of carbonyl (C=O) groups is 1. The van der Waals surface area contributed by atoms with Crippen molar-refractivity contribution in [3.05, 3.63) is 17.7 Å². The molecule has 114 valence electrons. The van der Waals surface area contributed by atoms with Crippen LogP contribution in [-0.2, 0) is 6.54 Å². The summed E-state index contributed by atoms with van der Waals surface area (Å²) in [5.41, 5.74) is 1.87. The summed E-state index contributed by atoms with van der Waals surface area (Å²) >= 11 is 0. The lowest BCUT2D eigenvalue weighted by Crippen LogP contribution is -2.49. The van der Waals surface area contributed by atoms with E-state index in [2.05, 4.69) is 10.6 Å². The van der Waals surface area contributed by atoms with Crippen LogP contribution in [0.25, 0.3) is 0 Å². The van der Waals surface area contributed by atoms with E-state index in [9.17, 15) is 4.79 Å². The van der Waals surface area contributed by atoms with Crippen molar-refractivity contribution in [1.82, 2.24) is 10.2 Å². The number of piperidine rings is 1. The summed E-state index contributed by atoms with van der Waals surface area (Å²) in [7, 11) is 3.21. The van der Waals surface area contributed by atoms with E-state index in [4.69, 9.17) is 9.47 Å². The Labute approximate surface area is 124 Å². The van der Waals surface area contributed by atoms with E-state index in [1.807, 2.05) is 17.0 Å². The fourth-order valence-electron chi connectivity index (χ4n) is 3.02. The number of ether oxygens (including phenoxy) is 2. The molecule has 0 unspecified atom stereocenters. The van der Waals surface area contributed by atoms with Gasteiger partial charge >= 0.3 is 6.03 Å². The summed E-state index contributed by atoms with van der Waals surface area (Å²) in [6.45, 7) is 2.55. The van der Waals surface area contributed by atoms with Gasteiger partial charge in [-0.25, -0.2) is 4.79 Å². The molecule has 6 nitrogen and oxygen atoms in total. The molecule has 0 aliphatic carbocycles. The maximum absolute atomic E-state index is 12.3. The number of anilines is 1. The normalized spacial score (nSPS) is 19.0. The summed E-state index contributed by atoms with van der Waals surface area (Å²) in [5.74, 6) is 1.32. The molecule has 1 aromatic carbocycles. The summed E-state index contributed by atoms with van der Waals surface area (Å²) in [6, 6.07) is 4.04. The van der Waals surface area contributed by atoms with Crippen LogP contribution in [-0.4, -0.2) is 44.3 Å². The molecule has 1 fully saturated rings. The SMILES string of the molecule is COc1cc2c(cc1OC)NC(=O)N(C1CCNCC1)C2. The van der Waals surface area contributed by atoms with Crippen LogP contribution < -0.4 is 20.1 Å². The second-order valence-corrected chi connectivity index (χ2v) is 5.40. The van der Waals surface area contributed by atoms with Gasteiger partial charge < -0.3 is 25.0 Å². The number of methoxy groups -OCH3 is 2. The quantitative estimate of drug-likeness (QED) is 0.891. The van der Waals surface area contributed by atoms with Gasteiger partial charge in [-0.15, -0.1) is 0 Å². The van der Waals surface area contributed by atoms with Crippen molar-refractivity contribution in [3.8, 4) is 11.5 Å². The standard InChI is InChI=1S/C15H21N3O3/c1-20-13-7-10-9-18(11-3-5-16-6-4-11)15(19)17-12(10)8-14(13)21-2/h7-8,11,16H,3-6,9H2,1-2H3,(H,17,19). The van der Waals surface area contributed by atoms with E-state index in [0.717, 1.165) is 37.2 Å². The van der Waals surface area contributed by atoms with E-state index in [0.29, 0.717) is 24.1 Å². The van der Waals surface area contributed by atoms with Gasteiger partial charge in [0.15, 0.2) is 11.5 Å². The van der Waals surface area contributed by atoms with Crippen LogP contribution in [0.5, 0.6) is 11.5 Å². The van der Waals surface area contributed by atoms with Gasteiger partial charge in [0.2, 0.25) is 0 Å². The fourth-order valence-corrected chi connectivity index (χ4v) is 3.02. The summed E-state index contributed by atoms with van der Waals surface area (Å²) in [5, 5.41) is 6.29. The molecule has 0 spiro atoms. The molecule has 0 radical (unpaired) electrons. The molecule has 2 aliphatic heterocycles. The van der Waals surface area contributed by atoms with E-state index < -0.39 is 0 Å². The Bertz CT molecular complexity index is 541. The minimum Gasteiger partial charge on any atom is -0.493 e. The highest BCUT2D eigenvalue weighted by Gasteiger charge is 2.30. The van der Waals surface area contributed by atoms with E-state index in [-0.39, 0.29) is 6.03 Å². The van der Waals surface area contributed by atoms with Gasteiger partial charge in [-0.2, -0.15) is 0 Å². The lowest BCUT2D eigenvalue weighted by molar-refractivity contribution is 0.163. The fraction of sp³-hybridized carbons (Fsp3) is 0.533. The number of hydrogen-bond donors (Lipinski definition) is 2. The van der Waals surface area contributed by atoms with Crippen LogP contribution in [0.4, 0.5) is 10.5 Å². The molecule has 21 heavy (non-hydrogen) atoms. The Morgan fingerprint density at radius 1 is 1.14 bits per heavy atom. The molecule has 0 saturated carbocycles. The molecule has 0 atom stereocenters. The van der Waals surface area contributed by atoms with Crippen molar-refractivity contribution in [2.45, 2.75) is 25.4 Å². The second kappa shape index (κ2) is 5.81. The van der Waals surface area contributed by atoms with Crippen LogP contribution in [0.2, 0.25) is 0 Å². The van der Waals surface area contributed by atoms with Gasteiger partial charge in [0.1, 0.15) is 0 Å². The monoisotopic (exact) mass is 291 g/mol.